The van der Waals surface area contributed by atoms with Gasteiger partial charge in [0.25, 0.3) is 0 Å². The third-order valence-electron chi connectivity index (χ3n) is 2.07. The van der Waals surface area contributed by atoms with Gasteiger partial charge in [0.15, 0.2) is 5.58 Å². The van der Waals surface area contributed by atoms with Crippen LogP contribution in [0.3, 0.4) is 0 Å². The van der Waals surface area contributed by atoms with Crippen LogP contribution in [-0.4, -0.2) is 7.11 Å². The second-order valence-electron chi connectivity index (χ2n) is 2.85. The Morgan fingerprint density at radius 2 is 2.29 bits per heavy atom. The number of ether oxygens (including phenoxy) is 1. The van der Waals surface area contributed by atoms with E-state index in [1.54, 1.807) is 13.4 Å². The normalized spacial score (nSPS) is 10.8. The number of halogens is 2. The van der Waals surface area contributed by atoms with Crippen LogP contribution >= 0.6 is 31.9 Å². The Bertz CT molecular complexity index is 462. The van der Waals surface area contributed by atoms with Gasteiger partial charge < -0.3 is 9.15 Å². The smallest absolute Gasteiger partial charge is 0.151 e. The SMILES string of the molecule is COc1c(CBr)cc(Br)c2occc12. The number of furan rings is 1. The number of methoxy groups -OCH3 is 1. The number of fused-ring (bicyclic) bond motifs is 1. The van der Waals surface area contributed by atoms with Gasteiger partial charge in [-0.1, -0.05) is 15.9 Å². The van der Waals surface area contributed by atoms with Crippen LogP contribution in [0.15, 0.2) is 27.3 Å². The van der Waals surface area contributed by atoms with Crippen LogP contribution in [0.2, 0.25) is 0 Å². The molecular formula is C10H8Br2O2. The lowest BCUT2D eigenvalue weighted by Crippen LogP contribution is -1.90. The van der Waals surface area contributed by atoms with Crippen molar-refractivity contribution in [1.82, 2.24) is 0 Å². The van der Waals surface area contributed by atoms with E-state index < -0.39 is 0 Å². The molecule has 14 heavy (non-hydrogen) atoms. The summed E-state index contributed by atoms with van der Waals surface area (Å²) in [7, 11) is 1.67. The van der Waals surface area contributed by atoms with E-state index in [0.29, 0.717) is 0 Å². The first-order chi connectivity index (χ1) is 6.77. The van der Waals surface area contributed by atoms with Crippen LogP contribution in [0.4, 0.5) is 0 Å². The molecule has 0 aliphatic carbocycles. The molecular weight excluding hydrogens is 312 g/mol. The molecule has 0 fully saturated rings. The molecule has 0 radical (unpaired) electrons. The van der Waals surface area contributed by atoms with Crippen LogP contribution in [0, 0.1) is 0 Å². The largest absolute Gasteiger partial charge is 0.496 e. The van der Waals surface area contributed by atoms with Crippen molar-refractivity contribution >= 4 is 42.8 Å². The van der Waals surface area contributed by atoms with Crippen molar-refractivity contribution in [3.8, 4) is 5.75 Å². The highest BCUT2D eigenvalue weighted by atomic mass is 79.9. The van der Waals surface area contributed by atoms with E-state index in [1.165, 1.54) is 0 Å². The van der Waals surface area contributed by atoms with Crippen molar-refractivity contribution in [2.24, 2.45) is 0 Å². The van der Waals surface area contributed by atoms with E-state index in [4.69, 9.17) is 9.15 Å². The molecule has 0 unspecified atom stereocenters. The van der Waals surface area contributed by atoms with Crippen molar-refractivity contribution in [3.63, 3.8) is 0 Å². The zero-order chi connectivity index (χ0) is 10.1. The van der Waals surface area contributed by atoms with Crippen molar-refractivity contribution in [2.75, 3.05) is 7.11 Å². The van der Waals surface area contributed by atoms with Crippen LogP contribution < -0.4 is 4.74 Å². The summed E-state index contributed by atoms with van der Waals surface area (Å²) in [6.07, 6.45) is 1.66. The molecule has 0 aliphatic rings. The highest BCUT2D eigenvalue weighted by Crippen LogP contribution is 2.36. The number of hydrogen-bond acceptors (Lipinski definition) is 2. The zero-order valence-corrected chi connectivity index (χ0v) is 10.7. The first-order valence-electron chi connectivity index (χ1n) is 4.06. The van der Waals surface area contributed by atoms with E-state index >= 15 is 0 Å². The molecule has 0 spiro atoms. The van der Waals surface area contributed by atoms with Gasteiger partial charge in [-0.2, -0.15) is 0 Å². The first-order valence-corrected chi connectivity index (χ1v) is 5.98. The average Bonchev–Trinajstić information content (AvgIpc) is 2.66. The Kier molecular flexibility index (Phi) is 2.83. The van der Waals surface area contributed by atoms with Crippen LogP contribution in [0.5, 0.6) is 5.75 Å². The summed E-state index contributed by atoms with van der Waals surface area (Å²) in [4.78, 5) is 0. The van der Waals surface area contributed by atoms with E-state index in [-0.39, 0.29) is 0 Å². The third-order valence-corrected chi connectivity index (χ3v) is 3.26. The molecule has 0 saturated heterocycles. The summed E-state index contributed by atoms with van der Waals surface area (Å²) in [5.41, 5.74) is 1.93. The second kappa shape index (κ2) is 3.95. The summed E-state index contributed by atoms with van der Waals surface area (Å²) < 4.78 is 11.7. The van der Waals surface area contributed by atoms with Gasteiger partial charge in [-0.25, -0.2) is 0 Å². The van der Waals surface area contributed by atoms with E-state index in [0.717, 1.165) is 32.1 Å². The van der Waals surface area contributed by atoms with Gasteiger partial charge in [0.1, 0.15) is 5.75 Å². The van der Waals surface area contributed by atoms with Gasteiger partial charge in [-0.3, -0.25) is 0 Å². The Morgan fingerprint density at radius 1 is 1.50 bits per heavy atom. The molecule has 2 aromatic rings. The molecule has 4 heteroatoms. The molecule has 0 saturated carbocycles. The van der Waals surface area contributed by atoms with Crippen molar-refractivity contribution < 1.29 is 9.15 Å². The lowest BCUT2D eigenvalue weighted by Gasteiger charge is -2.07. The fraction of sp³-hybridized carbons (Fsp3) is 0.200. The Balaban J connectivity index is 2.82. The fourth-order valence-corrected chi connectivity index (χ4v) is 2.47. The first kappa shape index (κ1) is 10.1. The minimum absolute atomic E-state index is 0.760. The van der Waals surface area contributed by atoms with Crippen molar-refractivity contribution in [2.45, 2.75) is 5.33 Å². The molecule has 0 amide bonds. The number of hydrogen-bond donors (Lipinski definition) is 0. The second-order valence-corrected chi connectivity index (χ2v) is 4.26. The number of alkyl halides is 1. The minimum Gasteiger partial charge on any atom is -0.496 e. The number of benzene rings is 1. The Morgan fingerprint density at radius 3 is 2.93 bits per heavy atom. The standard InChI is InChI=1S/C10H8Br2O2/c1-13-9-6(5-11)4-8(12)10-7(9)2-3-14-10/h2-4H,5H2,1H3. The van der Waals surface area contributed by atoms with Gasteiger partial charge in [-0.15, -0.1) is 0 Å². The monoisotopic (exact) mass is 318 g/mol. The van der Waals surface area contributed by atoms with Crippen LogP contribution in [0.25, 0.3) is 11.0 Å². The topological polar surface area (TPSA) is 22.4 Å². The molecule has 0 atom stereocenters. The molecule has 0 bridgehead atoms. The Labute approximate surface area is 98.5 Å². The molecule has 0 aliphatic heterocycles. The van der Waals surface area contributed by atoms with Crippen LogP contribution in [-0.2, 0) is 5.33 Å². The fourth-order valence-electron chi connectivity index (χ4n) is 1.47. The summed E-state index contributed by atoms with van der Waals surface area (Å²) in [5, 5.41) is 1.76. The Hall–Kier alpha value is -0.480. The van der Waals surface area contributed by atoms with Gasteiger partial charge in [0, 0.05) is 10.9 Å². The summed E-state index contributed by atoms with van der Waals surface area (Å²) in [5.74, 6) is 0.869. The lowest BCUT2D eigenvalue weighted by atomic mass is 10.1. The van der Waals surface area contributed by atoms with E-state index in [2.05, 4.69) is 31.9 Å². The maximum atomic E-state index is 5.35. The highest BCUT2D eigenvalue weighted by Gasteiger charge is 2.12. The van der Waals surface area contributed by atoms with E-state index in [9.17, 15) is 0 Å². The van der Waals surface area contributed by atoms with Gasteiger partial charge in [0.05, 0.1) is 23.2 Å². The molecule has 2 nitrogen and oxygen atoms in total. The van der Waals surface area contributed by atoms with Crippen LogP contribution in [0.1, 0.15) is 5.56 Å². The zero-order valence-electron chi connectivity index (χ0n) is 7.51. The molecule has 1 heterocycles. The molecule has 1 aromatic carbocycles. The maximum absolute atomic E-state index is 5.35. The molecule has 1 aromatic heterocycles. The number of rotatable bonds is 2. The summed E-state index contributed by atoms with van der Waals surface area (Å²) >= 11 is 6.89. The van der Waals surface area contributed by atoms with Crippen molar-refractivity contribution in [3.05, 3.63) is 28.4 Å². The van der Waals surface area contributed by atoms with Gasteiger partial charge in [-0.05, 0) is 28.1 Å². The molecule has 2 rings (SSSR count). The summed E-state index contributed by atoms with van der Waals surface area (Å²) in [6.45, 7) is 0. The van der Waals surface area contributed by atoms with E-state index in [1.807, 2.05) is 12.1 Å². The van der Waals surface area contributed by atoms with Gasteiger partial charge in [0.2, 0.25) is 0 Å². The minimum atomic E-state index is 0.760. The quantitative estimate of drug-likeness (QED) is 0.778. The predicted octanol–water partition coefficient (Wildman–Crippen LogP) is 4.10. The lowest BCUT2D eigenvalue weighted by molar-refractivity contribution is 0.416. The highest BCUT2D eigenvalue weighted by molar-refractivity contribution is 9.10. The van der Waals surface area contributed by atoms with Crippen molar-refractivity contribution in [1.29, 1.82) is 0 Å². The average molecular weight is 320 g/mol. The third kappa shape index (κ3) is 1.46. The summed E-state index contributed by atoms with van der Waals surface area (Å²) in [6, 6.07) is 3.91. The molecule has 0 N–H and O–H groups in total. The predicted molar refractivity (Wildman–Crippen MR) is 63.1 cm³/mol. The molecule has 74 valence electrons. The maximum Gasteiger partial charge on any atom is 0.151 e. The van der Waals surface area contributed by atoms with Gasteiger partial charge >= 0.3 is 0 Å².